The highest BCUT2D eigenvalue weighted by Crippen LogP contribution is 2.33. The molecule has 1 aromatic carbocycles. The normalized spacial score (nSPS) is 20.1. The maximum atomic E-state index is 13.0. The van der Waals surface area contributed by atoms with Crippen LogP contribution in [0.15, 0.2) is 42.6 Å². The van der Waals surface area contributed by atoms with Crippen LogP contribution in [0.4, 0.5) is 19.0 Å². The van der Waals surface area contributed by atoms with Gasteiger partial charge >= 0.3 is 6.18 Å². The predicted octanol–water partition coefficient (Wildman–Crippen LogP) is 4.24. The van der Waals surface area contributed by atoms with Crippen LogP contribution in [0.25, 0.3) is 10.2 Å². The number of amides is 1. The molecule has 0 N–H and O–H groups in total. The number of hydrogen-bond donors (Lipinski definition) is 0. The average molecular weight is 490 g/mol. The zero-order valence-corrected chi connectivity index (χ0v) is 19.5. The number of likely N-dealkylation sites (tertiary alicyclic amines) is 1. The summed E-state index contributed by atoms with van der Waals surface area (Å²) in [6, 6.07) is 10.6. The number of nitrogens with zero attached hydrogens (tertiary/aromatic N) is 5. The van der Waals surface area contributed by atoms with Gasteiger partial charge in [-0.15, -0.1) is 11.3 Å². The van der Waals surface area contributed by atoms with Crippen LogP contribution in [-0.4, -0.2) is 71.5 Å². The number of alkyl halides is 3. The molecule has 1 amide bonds. The number of piperidine rings is 1. The van der Waals surface area contributed by atoms with E-state index in [0.717, 1.165) is 42.2 Å². The molecule has 0 bridgehead atoms. The standard InChI is InChI=1S/C24H26F3N5OS/c25-24(26,27)18-7-8-21(28-14-18)31-12-10-30(11-13-31)16-22(33)32-9-3-4-17(15-32)23-29-19-5-1-2-6-20(19)34-23/h1-2,5-8,14,17H,3-4,9-13,15-16H2/t17-/m1/s1. The van der Waals surface area contributed by atoms with Crippen molar-refractivity contribution in [2.24, 2.45) is 0 Å². The molecule has 0 unspecified atom stereocenters. The molecule has 2 aromatic heterocycles. The Hall–Kier alpha value is -2.72. The molecule has 10 heteroatoms. The van der Waals surface area contributed by atoms with Crippen LogP contribution in [0, 0.1) is 0 Å². The van der Waals surface area contributed by atoms with Gasteiger partial charge in [0.25, 0.3) is 0 Å². The van der Waals surface area contributed by atoms with Crippen molar-refractivity contribution in [2.45, 2.75) is 24.9 Å². The molecule has 4 heterocycles. The summed E-state index contributed by atoms with van der Waals surface area (Å²) in [4.78, 5) is 27.9. The molecule has 2 saturated heterocycles. The highest BCUT2D eigenvalue weighted by molar-refractivity contribution is 7.18. The smallest absolute Gasteiger partial charge is 0.354 e. The van der Waals surface area contributed by atoms with Gasteiger partial charge in [0.1, 0.15) is 5.82 Å². The average Bonchev–Trinajstić information content (AvgIpc) is 3.29. The number of para-hydroxylation sites is 1. The fourth-order valence-corrected chi connectivity index (χ4v) is 5.73. The molecule has 3 aromatic rings. The van der Waals surface area contributed by atoms with Crippen molar-refractivity contribution in [3.8, 4) is 0 Å². The number of pyridine rings is 1. The first-order valence-corrected chi connectivity index (χ1v) is 12.3. The first kappa shape index (κ1) is 23.0. The number of hydrogen-bond acceptors (Lipinski definition) is 6. The molecule has 6 nitrogen and oxygen atoms in total. The van der Waals surface area contributed by atoms with Crippen LogP contribution in [0.5, 0.6) is 0 Å². The van der Waals surface area contributed by atoms with E-state index in [2.05, 4.69) is 16.0 Å². The number of anilines is 1. The van der Waals surface area contributed by atoms with Gasteiger partial charge in [-0.2, -0.15) is 13.2 Å². The second-order valence-corrected chi connectivity index (χ2v) is 9.93. The van der Waals surface area contributed by atoms with Gasteiger partial charge in [-0.1, -0.05) is 12.1 Å². The van der Waals surface area contributed by atoms with Crippen LogP contribution < -0.4 is 4.90 Å². The molecule has 5 rings (SSSR count). The van der Waals surface area contributed by atoms with Gasteiger partial charge in [-0.25, -0.2) is 9.97 Å². The molecule has 0 radical (unpaired) electrons. The summed E-state index contributed by atoms with van der Waals surface area (Å²) in [5.74, 6) is 0.943. The van der Waals surface area contributed by atoms with Gasteiger partial charge in [0, 0.05) is 51.4 Å². The number of rotatable bonds is 4. The third-order valence-corrected chi connectivity index (χ3v) is 7.76. The van der Waals surface area contributed by atoms with E-state index >= 15 is 0 Å². The van der Waals surface area contributed by atoms with Crippen molar-refractivity contribution in [3.05, 3.63) is 53.2 Å². The van der Waals surface area contributed by atoms with Crippen LogP contribution in [0.2, 0.25) is 0 Å². The number of benzene rings is 1. The second-order valence-electron chi connectivity index (χ2n) is 8.86. The van der Waals surface area contributed by atoms with Crippen LogP contribution >= 0.6 is 11.3 Å². The third kappa shape index (κ3) is 5.02. The first-order valence-electron chi connectivity index (χ1n) is 11.5. The monoisotopic (exact) mass is 489 g/mol. The van der Waals surface area contributed by atoms with Gasteiger partial charge in [0.2, 0.25) is 5.91 Å². The maximum absolute atomic E-state index is 13.0. The molecule has 0 saturated carbocycles. The van der Waals surface area contributed by atoms with Crippen molar-refractivity contribution in [2.75, 3.05) is 50.7 Å². The lowest BCUT2D eigenvalue weighted by Crippen LogP contribution is -2.51. The lowest BCUT2D eigenvalue weighted by Gasteiger charge is -2.37. The quantitative estimate of drug-likeness (QED) is 0.549. The van der Waals surface area contributed by atoms with E-state index in [1.165, 1.54) is 10.8 Å². The third-order valence-electron chi connectivity index (χ3n) is 6.56. The Morgan fingerprint density at radius 1 is 1.06 bits per heavy atom. The van der Waals surface area contributed by atoms with Crippen LogP contribution in [0.1, 0.15) is 29.3 Å². The minimum atomic E-state index is -4.38. The zero-order chi connectivity index (χ0) is 23.7. The zero-order valence-electron chi connectivity index (χ0n) is 18.7. The molecular weight excluding hydrogens is 463 g/mol. The highest BCUT2D eigenvalue weighted by Gasteiger charge is 2.31. The molecule has 2 aliphatic rings. The Labute approximate surface area is 200 Å². The summed E-state index contributed by atoms with van der Waals surface area (Å²) >= 11 is 1.72. The molecule has 1 atom stereocenters. The van der Waals surface area contributed by atoms with E-state index in [1.807, 2.05) is 28.0 Å². The van der Waals surface area contributed by atoms with E-state index in [1.54, 1.807) is 11.3 Å². The second kappa shape index (κ2) is 9.50. The van der Waals surface area contributed by atoms with Gasteiger partial charge in [-0.05, 0) is 37.1 Å². The number of thiazole rings is 1. The van der Waals surface area contributed by atoms with Crippen molar-refractivity contribution in [1.82, 2.24) is 19.8 Å². The number of carbonyl (C=O) groups is 1. The van der Waals surface area contributed by atoms with Crippen LogP contribution in [-0.2, 0) is 11.0 Å². The number of aromatic nitrogens is 2. The Morgan fingerprint density at radius 3 is 2.56 bits per heavy atom. The van der Waals surface area contributed by atoms with E-state index in [-0.39, 0.29) is 11.8 Å². The topological polar surface area (TPSA) is 52.6 Å². The minimum Gasteiger partial charge on any atom is -0.354 e. The summed E-state index contributed by atoms with van der Waals surface area (Å²) in [6.45, 7) is 4.43. The number of piperazine rings is 1. The largest absolute Gasteiger partial charge is 0.417 e. The van der Waals surface area contributed by atoms with Gasteiger partial charge in [0.05, 0.1) is 27.3 Å². The minimum absolute atomic E-state index is 0.131. The van der Waals surface area contributed by atoms with Crippen molar-refractivity contribution >= 4 is 33.3 Å². The molecule has 2 aliphatic heterocycles. The van der Waals surface area contributed by atoms with Gasteiger partial charge in [-0.3, -0.25) is 9.69 Å². The Bertz CT molecular complexity index is 1110. The van der Waals surface area contributed by atoms with Crippen LogP contribution in [0.3, 0.4) is 0 Å². The lowest BCUT2D eigenvalue weighted by molar-refractivity contribution is -0.137. The predicted molar refractivity (Wildman–Crippen MR) is 126 cm³/mol. The molecular formula is C24H26F3N5OS. The lowest BCUT2D eigenvalue weighted by atomic mass is 9.98. The summed E-state index contributed by atoms with van der Waals surface area (Å²) in [6.07, 6.45) is -1.49. The molecule has 2 fully saturated rings. The van der Waals surface area contributed by atoms with E-state index in [9.17, 15) is 18.0 Å². The first-order chi connectivity index (χ1) is 16.4. The molecule has 34 heavy (non-hydrogen) atoms. The van der Waals surface area contributed by atoms with Crippen molar-refractivity contribution in [1.29, 1.82) is 0 Å². The summed E-state index contributed by atoms with van der Waals surface area (Å²) in [5.41, 5.74) is 0.275. The summed E-state index contributed by atoms with van der Waals surface area (Å²) in [7, 11) is 0. The van der Waals surface area contributed by atoms with Gasteiger partial charge < -0.3 is 9.80 Å². The SMILES string of the molecule is O=C(CN1CCN(c2ccc(C(F)(F)F)cn2)CC1)N1CCC[C@@H](c2nc3ccccc3s2)C1. The molecule has 0 spiro atoms. The van der Waals surface area contributed by atoms with E-state index in [4.69, 9.17) is 4.98 Å². The van der Waals surface area contributed by atoms with E-state index in [0.29, 0.717) is 45.1 Å². The van der Waals surface area contributed by atoms with Crippen molar-refractivity contribution in [3.63, 3.8) is 0 Å². The number of carbonyl (C=O) groups excluding carboxylic acids is 1. The maximum Gasteiger partial charge on any atom is 0.417 e. The molecule has 0 aliphatic carbocycles. The summed E-state index contributed by atoms with van der Waals surface area (Å²) in [5, 5.41) is 1.11. The number of fused-ring (bicyclic) bond motifs is 1. The Balaban J connectivity index is 1.14. The van der Waals surface area contributed by atoms with Crippen molar-refractivity contribution < 1.29 is 18.0 Å². The van der Waals surface area contributed by atoms with E-state index < -0.39 is 11.7 Å². The Kier molecular flexibility index (Phi) is 6.44. The van der Waals surface area contributed by atoms with Gasteiger partial charge in [0.15, 0.2) is 0 Å². The number of halogens is 3. The Morgan fingerprint density at radius 2 is 1.85 bits per heavy atom. The summed E-state index contributed by atoms with van der Waals surface area (Å²) < 4.78 is 39.5. The highest BCUT2D eigenvalue weighted by atomic mass is 32.1. The molecule has 180 valence electrons. The fraction of sp³-hybridized carbons (Fsp3) is 0.458. The fourth-order valence-electron chi connectivity index (χ4n) is 4.64.